The van der Waals surface area contributed by atoms with Crippen LogP contribution in [-0.2, 0) is 12.8 Å². The summed E-state index contributed by atoms with van der Waals surface area (Å²) in [5.74, 6) is 1.47. The minimum atomic E-state index is 0.711. The summed E-state index contributed by atoms with van der Waals surface area (Å²) in [4.78, 5) is 0. The highest BCUT2D eigenvalue weighted by atomic mass is 16.4. The maximum atomic E-state index is 5.73. The molecule has 4 heteroatoms. The summed E-state index contributed by atoms with van der Waals surface area (Å²) in [6.45, 7) is 5.30. The van der Waals surface area contributed by atoms with Crippen LogP contribution in [0.5, 0.6) is 0 Å². The number of hydrogen-bond acceptors (Lipinski definition) is 4. The number of benzene rings is 1. The van der Waals surface area contributed by atoms with Gasteiger partial charge in [0.2, 0.25) is 11.8 Å². The van der Waals surface area contributed by atoms with Crippen LogP contribution in [-0.4, -0.2) is 22.8 Å². The van der Waals surface area contributed by atoms with Crippen molar-refractivity contribution >= 4 is 0 Å². The van der Waals surface area contributed by atoms with E-state index in [4.69, 9.17) is 4.42 Å². The Morgan fingerprint density at radius 2 is 1.95 bits per heavy atom. The van der Waals surface area contributed by atoms with Gasteiger partial charge >= 0.3 is 0 Å². The molecular weight excluding hydrogens is 262 g/mol. The van der Waals surface area contributed by atoms with Gasteiger partial charge in [-0.3, -0.25) is 0 Å². The molecule has 0 radical (unpaired) electrons. The van der Waals surface area contributed by atoms with E-state index < -0.39 is 0 Å². The fourth-order valence-corrected chi connectivity index (χ4v) is 2.38. The molecule has 1 saturated carbocycles. The van der Waals surface area contributed by atoms with E-state index in [-0.39, 0.29) is 0 Å². The lowest BCUT2D eigenvalue weighted by Gasteiger charge is -2.02. The molecule has 0 aliphatic heterocycles. The van der Waals surface area contributed by atoms with E-state index in [9.17, 15) is 0 Å². The van der Waals surface area contributed by atoms with Gasteiger partial charge in [-0.15, -0.1) is 10.2 Å². The Morgan fingerprint density at radius 3 is 2.71 bits per heavy atom. The van der Waals surface area contributed by atoms with E-state index in [1.165, 1.54) is 29.5 Å². The van der Waals surface area contributed by atoms with Crippen molar-refractivity contribution in [3.05, 3.63) is 46.7 Å². The molecule has 0 spiro atoms. The van der Waals surface area contributed by atoms with Gasteiger partial charge in [0.15, 0.2) is 0 Å². The molecule has 2 aromatic rings. The van der Waals surface area contributed by atoms with Crippen LogP contribution < -0.4 is 5.32 Å². The number of nitrogens with zero attached hydrogens (tertiary/aromatic N) is 2. The van der Waals surface area contributed by atoms with E-state index in [2.05, 4.69) is 47.6 Å². The molecule has 21 heavy (non-hydrogen) atoms. The second kappa shape index (κ2) is 6.39. The van der Waals surface area contributed by atoms with Crippen molar-refractivity contribution in [2.45, 2.75) is 52.0 Å². The maximum absolute atomic E-state index is 5.73. The van der Waals surface area contributed by atoms with Gasteiger partial charge in [-0.25, -0.2) is 0 Å². The summed E-state index contributed by atoms with van der Waals surface area (Å²) in [6, 6.07) is 7.24. The summed E-state index contributed by atoms with van der Waals surface area (Å²) in [5, 5.41) is 11.8. The summed E-state index contributed by atoms with van der Waals surface area (Å²) >= 11 is 0. The molecule has 1 aliphatic rings. The Kier molecular flexibility index (Phi) is 4.34. The van der Waals surface area contributed by atoms with Crippen molar-refractivity contribution < 1.29 is 4.42 Å². The van der Waals surface area contributed by atoms with Crippen LogP contribution >= 0.6 is 0 Å². The molecule has 0 atom stereocenters. The first kappa shape index (κ1) is 14.3. The van der Waals surface area contributed by atoms with E-state index in [1.807, 2.05) is 0 Å². The standard InChI is InChI=1S/C17H23N3O/c1-12-5-6-14(10-13(12)2)11-17-20-19-16(21-17)4-3-9-18-15-7-8-15/h5-6,10,15,18H,3-4,7-9,11H2,1-2H3. The topological polar surface area (TPSA) is 51.0 Å². The number of nitrogens with one attached hydrogen (secondary N) is 1. The van der Waals surface area contributed by atoms with Crippen molar-refractivity contribution in [3.63, 3.8) is 0 Å². The molecular formula is C17H23N3O. The van der Waals surface area contributed by atoms with Crippen molar-refractivity contribution in [1.82, 2.24) is 15.5 Å². The van der Waals surface area contributed by atoms with Crippen molar-refractivity contribution in [1.29, 1.82) is 0 Å². The molecule has 0 amide bonds. The fraction of sp³-hybridized carbons (Fsp3) is 0.529. The minimum Gasteiger partial charge on any atom is -0.425 e. The lowest BCUT2D eigenvalue weighted by atomic mass is 10.0. The van der Waals surface area contributed by atoms with Gasteiger partial charge in [-0.2, -0.15) is 0 Å². The van der Waals surface area contributed by atoms with Crippen LogP contribution in [0.4, 0.5) is 0 Å². The third kappa shape index (κ3) is 4.14. The predicted molar refractivity (Wildman–Crippen MR) is 82.4 cm³/mol. The first-order chi connectivity index (χ1) is 10.2. The molecule has 4 nitrogen and oxygen atoms in total. The zero-order valence-electron chi connectivity index (χ0n) is 12.9. The lowest BCUT2D eigenvalue weighted by molar-refractivity contribution is 0.449. The summed E-state index contributed by atoms with van der Waals surface area (Å²) < 4.78 is 5.73. The minimum absolute atomic E-state index is 0.711. The maximum Gasteiger partial charge on any atom is 0.220 e. The first-order valence-corrected chi connectivity index (χ1v) is 7.81. The Morgan fingerprint density at radius 1 is 1.14 bits per heavy atom. The molecule has 112 valence electrons. The van der Waals surface area contributed by atoms with Crippen LogP contribution in [0.1, 0.15) is 47.7 Å². The van der Waals surface area contributed by atoms with Gasteiger partial charge in [0.1, 0.15) is 0 Å². The van der Waals surface area contributed by atoms with E-state index in [1.54, 1.807) is 0 Å². The molecule has 1 aromatic carbocycles. The van der Waals surface area contributed by atoms with Crippen molar-refractivity contribution in [2.75, 3.05) is 6.54 Å². The third-order valence-electron chi connectivity index (χ3n) is 4.01. The Balaban J connectivity index is 1.50. The zero-order chi connectivity index (χ0) is 14.7. The summed E-state index contributed by atoms with van der Waals surface area (Å²) in [6.07, 6.45) is 5.30. The molecule has 0 unspecified atom stereocenters. The molecule has 0 bridgehead atoms. The predicted octanol–water partition coefficient (Wildman–Crippen LogP) is 2.96. The lowest BCUT2D eigenvalue weighted by Crippen LogP contribution is -2.17. The molecule has 1 fully saturated rings. The SMILES string of the molecule is Cc1ccc(Cc2nnc(CCCNC3CC3)o2)cc1C. The quantitative estimate of drug-likeness (QED) is 0.795. The summed E-state index contributed by atoms with van der Waals surface area (Å²) in [5.41, 5.74) is 3.84. The third-order valence-corrected chi connectivity index (χ3v) is 4.01. The van der Waals surface area contributed by atoms with Gasteiger partial charge < -0.3 is 9.73 Å². The van der Waals surface area contributed by atoms with Gasteiger partial charge in [0, 0.05) is 12.5 Å². The van der Waals surface area contributed by atoms with Crippen LogP contribution in [0.25, 0.3) is 0 Å². The van der Waals surface area contributed by atoms with Gasteiger partial charge in [0.25, 0.3) is 0 Å². The van der Waals surface area contributed by atoms with Gasteiger partial charge in [-0.1, -0.05) is 18.2 Å². The van der Waals surface area contributed by atoms with E-state index in [0.29, 0.717) is 12.3 Å². The van der Waals surface area contributed by atoms with Crippen LogP contribution in [0, 0.1) is 13.8 Å². The van der Waals surface area contributed by atoms with E-state index >= 15 is 0 Å². The van der Waals surface area contributed by atoms with Gasteiger partial charge in [0.05, 0.1) is 6.42 Å². The molecule has 3 rings (SSSR count). The zero-order valence-corrected chi connectivity index (χ0v) is 12.9. The normalized spacial score (nSPS) is 14.6. The Hall–Kier alpha value is -1.68. The fourth-order valence-electron chi connectivity index (χ4n) is 2.38. The largest absolute Gasteiger partial charge is 0.425 e. The van der Waals surface area contributed by atoms with Crippen LogP contribution in [0.3, 0.4) is 0 Å². The number of hydrogen-bond donors (Lipinski definition) is 1. The molecule has 1 aliphatic carbocycles. The van der Waals surface area contributed by atoms with Crippen LogP contribution in [0.15, 0.2) is 22.6 Å². The first-order valence-electron chi connectivity index (χ1n) is 7.81. The highest BCUT2D eigenvalue weighted by Gasteiger charge is 2.19. The van der Waals surface area contributed by atoms with Crippen LogP contribution in [0.2, 0.25) is 0 Å². The smallest absolute Gasteiger partial charge is 0.220 e. The highest BCUT2D eigenvalue weighted by Crippen LogP contribution is 2.18. The van der Waals surface area contributed by atoms with Crippen molar-refractivity contribution in [2.24, 2.45) is 0 Å². The number of aryl methyl sites for hydroxylation is 3. The molecule has 1 heterocycles. The molecule has 1 aromatic heterocycles. The highest BCUT2D eigenvalue weighted by molar-refractivity contribution is 5.31. The second-order valence-corrected chi connectivity index (χ2v) is 6.02. The van der Waals surface area contributed by atoms with E-state index in [0.717, 1.165) is 31.3 Å². The average Bonchev–Trinajstić information content (AvgIpc) is 3.19. The molecule has 1 N–H and O–H groups in total. The number of rotatable bonds is 7. The average molecular weight is 285 g/mol. The second-order valence-electron chi connectivity index (χ2n) is 6.02. The van der Waals surface area contributed by atoms with Crippen molar-refractivity contribution in [3.8, 4) is 0 Å². The monoisotopic (exact) mass is 285 g/mol. The number of aromatic nitrogens is 2. The summed E-state index contributed by atoms with van der Waals surface area (Å²) in [7, 11) is 0. The Bertz CT molecular complexity index is 602. The molecule has 0 saturated heterocycles. The Labute approximate surface area is 126 Å². The van der Waals surface area contributed by atoms with Gasteiger partial charge in [-0.05, 0) is 56.3 Å².